The summed E-state index contributed by atoms with van der Waals surface area (Å²) in [6.07, 6.45) is 1.93. The summed E-state index contributed by atoms with van der Waals surface area (Å²) in [7, 11) is 0. The maximum Gasteiger partial charge on any atom is 0.254 e. The predicted octanol–water partition coefficient (Wildman–Crippen LogP) is 3.19. The molecule has 0 spiro atoms. The minimum Gasteiger partial charge on any atom is -0.464 e. The first kappa shape index (κ1) is 18.9. The summed E-state index contributed by atoms with van der Waals surface area (Å²) in [5, 5.41) is 6.24. The van der Waals surface area contributed by atoms with Gasteiger partial charge in [-0.15, -0.1) is 0 Å². The number of carbonyl (C=O) groups is 2. The minimum absolute atomic E-state index is 0.0470. The zero-order chi connectivity index (χ0) is 20.7. The largest absolute Gasteiger partial charge is 0.464 e. The van der Waals surface area contributed by atoms with Crippen LogP contribution in [0.5, 0.6) is 0 Å². The van der Waals surface area contributed by atoms with E-state index in [4.69, 9.17) is 10.2 Å². The number of para-hydroxylation sites is 1. The fourth-order valence-corrected chi connectivity index (χ4v) is 3.61. The molecule has 3 aromatic rings. The van der Waals surface area contributed by atoms with Gasteiger partial charge in [0.25, 0.3) is 5.91 Å². The lowest BCUT2D eigenvalue weighted by atomic mass is 10.0. The Labute approximate surface area is 166 Å². The number of pyridine rings is 1. The number of primary amides is 1. The summed E-state index contributed by atoms with van der Waals surface area (Å²) >= 11 is 0. The Balaban J connectivity index is 1.88. The van der Waals surface area contributed by atoms with E-state index in [1.165, 1.54) is 6.26 Å². The number of amides is 2. The third-order valence-electron chi connectivity index (χ3n) is 4.99. The van der Waals surface area contributed by atoms with Crippen LogP contribution >= 0.6 is 0 Å². The second-order valence-corrected chi connectivity index (χ2v) is 7.53. The highest BCUT2D eigenvalue weighted by molar-refractivity contribution is 6.07. The molecule has 0 saturated heterocycles. The van der Waals surface area contributed by atoms with Crippen LogP contribution in [0.25, 0.3) is 22.2 Å². The van der Waals surface area contributed by atoms with E-state index in [9.17, 15) is 9.59 Å². The lowest BCUT2D eigenvalue weighted by Gasteiger charge is -2.20. The number of nitrogens with two attached hydrogens (primary N) is 1. The maximum atomic E-state index is 15.2. The number of rotatable bonds is 6. The van der Waals surface area contributed by atoms with E-state index in [1.807, 2.05) is 32.0 Å². The summed E-state index contributed by atoms with van der Waals surface area (Å²) in [5.74, 6) is -1.59. The van der Waals surface area contributed by atoms with Crippen LogP contribution in [-0.2, 0) is 11.3 Å². The molecule has 4 N–H and O–H groups in total. The van der Waals surface area contributed by atoms with E-state index in [0.29, 0.717) is 23.3 Å². The van der Waals surface area contributed by atoms with Gasteiger partial charge in [0.1, 0.15) is 17.9 Å². The van der Waals surface area contributed by atoms with Crippen LogP contribution in [0.2, 0.25) is 0 Å². The zero-order valence-electron chi connectivity index (χ0n) is 16.1. The van der Waals surface area contributed by atoms with Crippen molar-refractivity contribution in [2.75, 3.05) is 5.32 Å². The van der Waals surface area contributed by atoms with Gasteiger partial charge in [-0.05, 0) is 18.4 Å². The monoisotopic (exact) mass is 396 g/mol. The first-order chi connectivity index (χ1) is 13.9. The Bertz CT molecular complexity index is 1120. The van der Waals surface area contributed by atoms with Gasteiger partial charge < -0.3 is 20.8 Å². The molecule has 0 unspecified atom stereocenters. The van der Waals surface area contributed by atoms with Gasteiger partial charge in [-0.2, -0.15) is 0 Å². The number of benzene rings is 1. The number of hydrogen-bond acceptors (Lipinski definition) is 5. The van der Waals surface area contributed by atoms with E-state index < -0.39 is 23.7 Å². The molecule has 2 amide bonds. The van der Waals surface area contributed by atoms with Crippen molar-refractivity contribution >= 4 is 28.6 Å². The van der Waals surface area contributed by atoms with Gasteiger partial charge >= 0.3 is 0 Å². The summed E-state index contributed by atoms with van der Waals surface area (Å²) in [6.45, 7) is 3.93. The van der Waals surface area contributed by atoms with Crippen molar-refractivity contribution in [1.29, 1.82) is 0 Å². The van der Waals surface area contributed by atoms with E-state index in [0.717, 1.165) is 5.39 Å². The molecular weight excluding hydrogens is 375 g/mol. The average Bonchev–Trinajstić information content (AvgIpc) is 3.27. The Kier molecular flexibility index (Phi) is 4.70. The number of fused-ring (bicyclic) bond motifs is 2. The van der Waals surface area contributed by atoms with Crippen molar-refractivity contribution in [3.8, 4) is 11.3 Å². The fraction of sp³-hybridized carbons (Fsp3) is 0.286. The second-order valence-electron chi connectivity index (χ2n) is 7.53. The quantitative estimate of drug-likeness (QED) is 0.593. The summed E-state index contributed by atoms with van der Waals surface area (Å²) < 4.78 is 20.7. The van der Waals surface area contributed by atoms with E-state index in [2.05, 4.69) is 15.6 Å². The van der Waals surface area contributed by atoms with Crippen LogP contribution in [0, 0.1) is 11.7 Å². The van der Waals surface area contributed by atoms with E-state index >= 15 is 4.39 Å². The van der Waals surface area contributed by atoms with Crippen LogP contribution in [0.3, 0.4) is 0 Å². The van der Waals surface area contributed by atoms with Crippen molar-refractivity contribution in [3.63, 3.8) is 0 Å². The van der Waals surface area contributed by atoms with Gasteiger partial charge in [0, 0.05) is 23.1 Å². The molecule has 3 heterocycles. The first-order valence-electron chi connectivity index (χ1n) is 9.39. The summed E-state index contributed by atoms with van der Waals surface area (Å²) in [6, 6.07) is 6.54. The molecule has 4 rings (SSSR count). The number of halogens is 1. The fourth-order valence-electron chi connectivity index (χ4n) is 3.61. The highest BCUT2D eigenvalue weighted by Gasteiger charge is 2.32. The molecule has 1 atom stereocenters. The Hall–Kier alpha value is -3.42. The maximum absolute atomic E-state index is 15.2. The molecule has 2 aromatic heterocycles. The highest BCUT2D eigenvalue weighted by atomic mass is 19.1. The first-order valence-corrected chi connectivity index (χ1v) is 9.39. The lowest BCUT2D eigenvalue weighted by molar-refractivity contribution is -0.119. The minimum atomic E-state index is -0.783. The van der Waals surface area contributed by atoms with Gasteiger partial charge in [0.15, 0.2) is 11.6 Å². The summed E-state index contributed by atoms with van der Waals surface area (Å²) in [5.41, 5.74) is 7.39. The number of nitrogens with zero attached hydrogens (tertiary/aromatic N) is 1. The van der Waals surface area contributed by atoms with Crippen LogP contribution < -0.4 is 16.4 Å². The topological polar surface area (TPSA) is 110 Å². The third kappa shape index (κ3) is 3.30. The van der Waals surface area contributed by atoms with Crippen molar-refractivity contribution in [2.24, 2.45) is 11.7 Å². The molecule has 0 saturated carbocycles. The van der Waals surface area contributed by atoms with Crippen molar-refractivity contribution in [1.82, 2.24) is 10.3 Å². The smallest absolute Gasteiger partial charge is 0.254 e. The van der Waals surface area contributed by atoms with Gasteiger partial charge in [0.2, 0.25) is 5.91 Å². The molecule has 0 radical (unpaired) electrons. The number of aromatic nitrogens is 1. The molecule has 29 heavy (non-hydrogen) atoms. The molecule has 1 aromatic carbocycles. The number of anilines is 1. The summed E-state index contributed by atoms with van der Waals surface area (Å²) in [4.78, 5) is 28.7. The number of hydrogen-bond donors (Lipinski definition) is 3. The van der Waals surface area contributed by atoms with Crippen molar-refractivity contribution in [2.45, 2.75) is 32.9 Å². The molecule has 150 valence electrons. The van der Waals surface area contributed by atoms with Crippen LogP contribution in [0.4, 0.5) is 10.2 Å². The normalized spacial score (nSPS) is 14.1. The molecule has 0 bridgehead atoms. The molecular formula is C21H21FN4O3. The van der Waals surface area contributed by atoms with Gasteiger partial charge in [-0.1, -0.05) is 32.0 Å². The molecule has 7 nitrogen and oxygen atoms in total. The van der Waals surface area contributed by atoms with Gasteiger partial charge in [-0.3, -0.25) is 9.59 Å². The highest BCUT2D eigenvalue weighted by Crippen LogP contribution is 2.37. The van der Waals surface area contributed by atoms with E-state index in [-0.39, 0.29) is 29.4 Å². The van der Waals surface area contributed by atoms with Crippen LogP contribution in [0.1, 0.15) is 36.2 Å². The van der Waals surface area contributed by atoms with E-state index in [1.54, 1.807) is 6.07 Å². The number of furan rings is 1. The standard InChI is InChI=1S/C21H21FN4O3/c1-10(2)7-14(19(23)27)25-20-17(22)12-8-24-21(28)16(12)18(26-20)13-9-29-15-6-4-3-5-11(13)15/h3-6,9-10,14H,7-8H2,1-2H3,(H2,23,27)(H,24,28)(H,25,26)/t14-/m1/s1. The zero-order valence-corrected chi connectivity index (χ0v) is 16.1. The van der Waals surface area contributed by atoms with Crippen molar-refractivity contribution < 1.29 is 18.4 Å². The Morgan fingerprint density at radius 1 is 1.38 bits per heavy atom. The predicted molar refractivity (Wildman–Crippen MR) is 107 cm³/mol. The SMILES string of the molecule is CC(C)C[C@@H](Nc1nc(-c2coc3ccccc23)c2c(c1F)CNC2=O)C(N)=O. The third-order valence-corrected chi connectivity index (χ3v) is 4.99. The van der Waals surface area contributed by atoms with Crippen molar-refractivity contribution in [3.05, 3.63) is 47.5 Å². The number of carbonyl (C=O) groups excluding carboxylic acids is 2. The Morgan fingerprint density at radius 3 is 2.86 bits per heavy atom. The Morgan fingerprint density at radius 2 is 2.14 bits per heavy atom. The van der Waals surface area contributed by atoms with Gasteiger partial charge in [0.05, 0.1) is 11.3 Å². The lowest BCUT2D eigenvalue weighted by Crippen LogP contribution is -2.37. The molecule has 8 heteroatoms. The molecule has 1 aliphatic rings. The molecule has 0 fully saturated rings. The average molecular weight is 396 g/mol. The second kappa shape index (κ2) is 7.20. The number of nitrogens with one attached hydrogen (secondary N) is 2. The van der Waals surface area contributed by atoms with Gasteiger partial charge in [-0.25, -0.2) is 9.37 Å². The van der Waals surface area contributed by atoms with Crippen LogP contribution in [-0.4, -0.2) is 22.8 Å². The molecule has 0 aliphatic carbocycles. The van der Waals surface area contributed by atoms with Crippen LogP contribution in [0.15, 0.2) is 34.9 Å². The molecule has 1 aliphatic heterocycles.